The number of hydrogen-bond donors (Lipinski definition) is 0. The van der Waals surface area contributed by atoms with Crippen molar-refractivity contribution in [2.75, 3.05) is 27.3 Å². The summed E-state index contributed by atoms with van der Waals surface area (Å²) in [6.07, 6.45) is 1.85. The van der Waals surface area contributed by atoms with Crippen LogP contribution in [0.1, 0.15) is 31.7 Å². The molecular formula is C19H29NO6P+. The van der Waals surface area contributed by atoms with Gasteiger partial charge in [-0.25, -0.2) is 4.79 Å². The summed E-state index contributed by atoms with van der Waals surface area (Å²) in [4.78, 5) is 25.3. The van der Waals surface area contributed by atoms with E-state index in [-0.39, 0.29) is 31.2 Å². The Kier molecular flexibility index (Phi) is 11.3. The average molecular weight is 398 g/mol. The lowest BCUT2D eigenvalue weighted by Gasteiger charge is -2.20. The third-order valence-electron chi connectivity index (χ3n) is 4.27. The Morgan fingerprint density at radius 1 is 1.22 bits per heavy atom. The van der Waals surface area contributed by atoms with Gasteiger partial charge in [-0.3, -0.25) is 4.79 Å². The first-order valence-electron chi connectivity index (χ1n) is 8.96. The maximum Gasteiger partial charge on any atom is 0.494 e. The van der Waals surface area contributed by atoms with Crippen molar-refractivity contribution in [2.45, 2.75) is 32.8 Å². The summed E-state index contributed by atoms with van der Waals surface area (Å²) < 4.78 is 25.4. The van der Waals surface area contributed by atoms with Crippen LogP contribution in [0.25, 0.3) is 0 Å². The molecule has 3 atom stereocenters. The zero-order chi connectivity index (χ0) is 20.1. The van der Waals surface area contributed by atoms with E-state index in [2.05, 4.69) is 0 Å². The maximum atomic E-state index is 12.0. The molecule has 7 nitrogen and oxygen atoms in total. The van der Waals surface area contributed by atoms with Crippen LogP contribution in [0.15, 0.2) is 30.3 Å². The van der Waals surface area contributed by atoms with E-state index in [0.29, 0.717) is 13.0 Å². The van der Waals surface area contributed by atoms with Crippen LogP contribution < -0.4 is 0 Å². The normalized spacial score (nSPS) is 13.0. The first-order valence-corrected chi connectivity index (χ1v) is 9.78. The largest absolute Gasteiger partial charge is 0.494 e. The quantitative estimate of drug-likeness (QED) is 0.393. The minimum absolute atomic E-state index is 0.0880. The molecule has 0 radical (unpaired) electrons. The average Bonchev–Trinajstić information content (AvgIpc) is 2.69. The van der Waals surface area contributed by atoms with E-state index in [1.165, 1.54) is 7.11 Å². The zero-order valence-electron chi connectivity index (χ0n) is 16.2. The van der Waals surface area contributed by atoms with Gasteiger partial charge in [0.2, 0.25) is 0 Å². The Morgan fingerprint density at radius 2 is 1.93 bits per heavy atom. The molecule has 8 heteroatoms. The van der Waals surface area contributed by atoms with Crippen LogP contribution in [0, 0.1) is 11.8 Å². The minimum Gasteiger partial charge on any atom is -0.469 e. The molecule has 0 N–H and O–H groups in total. The molecule has 0 aliphatic carbocycles. The first-order chi connectivity index (χ1) is 13.0. The predicted molar refractivity (Wildman–Crippen MR) is 103 cm³/mol. The van der Waals surface area contributed by atoms with Crippen LogP contribution in [0.3, 0.4) is 0 Å². The fourth-order valence-corrected chi connectivity index (χ4v) is 3.00. The summed E-state index contributed by atoms with van der Waals surface area (Å²) >= 11 is 0. The topological polar surface area (TPSA) is 82.1 Å². The number of benzene rings is 1. The summed E-state index contributed by atoms with van der Waals surface area (Å²) in [5.74, 6) is -0.553. The van der Waals surface area contributed by atoms with Crippen LogP contribution in [0.2, 0.25) is 0 Å². The van der Waals surface area contributed by atoms with Crippen molar-refractivity contribution in [2.24, 2.45) is 11.8 Å². The summed E-state index contributed by atoms with van der Waals surface area (Å²) in [6.45, 7) is 2.94. The molecule has 1 rings (SSSR count). The molecule has 0 spiro atoms. The fourth-order valence-electron chi connectivity index (χ4n) is 2.73. The number of methoxy groups -OCH3 is 1. The molecule has 150 valence electrons. The smallest absolute Gasteiger partial charge is 0.469 e. The molecule has 0 aliphatic rings. The third-order valence-corrected chi connectivity index (χ3v) is 4.56. The Hall–Kier alpha value is -1.98. The lowest BCUT2D eigenvalue weighted by molar-refractivity contribution is -0.147. The number of nitrogens with zero attached hydrogens (tertiary/aromatic N) is 1. The maximum absolute atomic E-state index is 12.0. The van der Waals surface area contributed by atoms with Crippen LogP contribution in [-0.4, -0.2) is 44.3 Å². The Bertz CT molecular complexity index is 583. The van der Waals surface area contributed by atoms with Gasteiger partial charge in [0.15, 0.2) is 0 Å². The van der Waals surface area contributed by atoms with Crippen LogP contribution >= 0.6 is 8.69 Å². The van der Waals surface area contributed by atoms with Crippen molar-refractivity contribution in [1.29, 1.82) is 0 Å². The van der Waals surface area contributed by atoms with Gasteiger partial charge in [0.25, 0.3) is 0 Å². The van der Waals surface area contributed by atoms with E-state index in [1.54, 1.807) is 11.9 Å². The van der Waals surface area contributed by atoms with Gasteiger partial charge in [-0.1, -0.05) is 37.3 Å². The Morgan fingerprint density at radius 3 is 2.56 bits per heavy atom. The summed E-state index contributed by atoms with van der Waals surface area (Å²) in [5, 5.41) is 0. The van der Waals surface area contributed by atoms with Crippen LogP contribution in [-0.2, 0) is 30.0 Å². The van der Waals surface area contributed by atoms with Gasteiger partial charge in [-0.2, -0.15) is 0 Å². The van der Waals surface area contributed by atoms with E-state index < -0.39 is 14.6 Å². The molecular weight excluding hydrogens is 369 g/mol. The molecule has 0 aliphatic heterocycles. The number of carbonyl (C=O) groups is 2. The highest BCUT2D eigenvalue weighted by Crippen LogP contribution is 2.20. The van der Waals surface area contributed by atoms with Gasteiger partial charge in [0.1, 0.15) is 13.2 Å². The van der Waals surface area contributed by atoms with Crippen molar-refractivity contribution < 1.29 is 28.2 Å². The van der Waals surface area contributed by atoms with Crippen LogP contribution in [0.5, 0.6) is 0 Å². The van der Waals surface area contributed by atoms with Crippen molar-refractivity contribution >= 4 is 20.7 Å². The summed E-state index contributed by atoms with van der Waals surface area (Å²) in [5.41, 5.74) is 0.947. The molecule has 1 amide bonds. The number of carbonyl (C=O) groups excluding carboxylic acids is 2. The third kappa shape index (κ3) is 9.50. The monoisotopic (exact) mass is 398 g/mol. The van der Waals surface area contributed by atoms with E-state index in [0.717, 1.165) is 18.4 Å². The number of amides is 1. The molecule has 3 unspecified atom stereocenters. The number of rotatable bonds is 12. The molecule has 1 aromatic carbocycles. The van der Waals surface area contributed by atoms with Gasteiger partial charge < -0.3 is 14.4 Å². The summed E-state index contributed by atoms with van der Waals surface area (Å²) in [7, 11) is 2.14. The highest BCUT2D eigenvalue weighted by atomic mass is 31.1. The lowest BCUT2D eigenvalue weighted by atomic mass is 9.93. The van der Waals surface area contributed by atoms with E-state index >= 15 is 0 Å². The predicted octanol–water partition coefficient (Wildman–Crippen LogP) is 3.81. The lowest BCUT2D eigenvalue weighted by Crippen LogP contribution is -2.29. The number of hydrogen-bond acceptors (Lipinski definition) is 6. The Labute approximate surface area is 162 Å². The van der Waals surface area contributed by atoms with Crippen molar-refractivity contribution in [3.05, 3.63) is 35.9 Å². The van der Waals surface area contributed by atoms with Crippen molar-refractivity contribution in [1.82, 2.24) is 4.90 Å². The van der Waals surface area contributed by atoms with Gasteiger partial charge in [-0.05, 0) is 35.3 Å². The second-order valence-electron chi connectivity index (χ2n) is 6.56. The molecule has 0 saturated carbocycles. The van der Waals surface area contributed by atoms with E-state index in [4.69, 9.17) is 14.0 Å². The SMILES string of the molecule is COC(=O)C(CO[PH+]=O)CC(C)CCCN(C)C(=O)OCc1ccccc1. The van der Waals surface area contributed by atoms with E-state index in [1.807, 2.05) is 37.3 Å². The zero-order valence-corrected chi connectivity index (χ0v) is 17.2. The summed E-state index contributed by atoms with van der Waals surface area (Å²) in [6, 6.07) is 9.53. The molecule has 1 aromatic rings. The molecule has 0 saturated heterocycles. The second kappa shape index (κ2) is 13.2. The van der Waals surface area contributed by atoms with Gasteiger partial charge >= 0.3 is 20.7 Å². The van der Waals surface area contributed by atoms with Gasteiger partial charge in [-0.15, -0.1) is 4.52 Å². The van der Waals surface area contributed by atoms with Crippen molar-refractivity contribution in [3.63, 3.8) is 0 Å². The standard InChI is InChI=1S/C19H29NO6P/c1-15(12-17(14-26-27-23)18(21)24-3)8-7-11-20(2)19(22)25-13-16-9-5-4-6-10-16/h4-6,9-10,15,17,27H,7-8,11-14H2,1-3H3/q+1. The fraction of sp³-hybridized carbons (Fsp3) is 0.579. The number of ether oxygens (including phenoxy) is 2. The van der Waals surface area contributed by atoms with Gasteiger partial charge in [0, 0.05) is 13.6 Å². The van der Waals surface area contributed by atoms with Gasteiger partial charge in [0.05, 0.1) is 13.0 Å². The second-order valence-corrected chi connectivity index (χ2v) is 7.01. The molecule has 0 aromatic heterocycles. The highest BCUT2D eigenvalue weighted by Gasteiger charge is 2.24. The molecule has 27 heavy (non-hydrogen) atoms. The van der Waals surface area contributed by atoms with Crippen molar-refractivity contribution in [3.8, 4) is 0 Å². The number of esters is 1. The first kappa shape index (κ1) is 23.1. The molecule has 0 fully saturated rings. The minimum atomic E-state index is -0.891. The highest BCUT2D eigenvalue weighted by molar-refractivity contribution is 7.17. The van der Waals surface area contributed by atoms with E-state index in [9.17, 15) is 14.2 Å². The molecule has 0 bridgehead atoms. The Balaban J connectivity index is 2.29. The molecule has 0 heterocycles. The van der Waals surface area contributed by atoms with Crippen LogP contribution in [0.4, 0.5) is 4.79 Å².